The second-order valence-corrected chi connectivity index (χ2v) is 5.65. The molecule has 1 aromatic heterocycles. The van der Waals surface area contributed by atoms with Crippen molar-refractivity contribution >= 4 is 18.3 Å². The fourth-order valence-electron chi connectivity index (χ4n) is 2.07. The van der Waals surface area contributed by atoms with Crippen molar-refractivity contribution in [3.8, 4) is 0 Å². The summed E-state index contributed by atoms with van der Waals surface area (Å²) in [6.07, 6.45) is 3.93. The highest BCUT2D eigenvalue weighted by Crippen LogP contribution is 2.03. The Bertz CT molecular complexity index is 583. The van der Waals surface area contributed by atoms with Crippen molar-refractivity contribution in [2.45, 2.75) is 26.9 Å². The highest BCUT2D eigenvalue weighted by Gasteiger charge is 2.04. The molecule has 0 aliphatic rings. The van der Waals surface area contributed by atoms with Crippen LogP contribution in [-0.2, 0) is 17.9 Å². The molecule has 0 unspecified atom stereocenters. The van der Waals surface area contributed by atoms with Crippen molar-refractivity contribution in [2.24, 2.45) is 5.92 Å². The van der Waals surface area contributed by atoms with E-state index in [0.717, 1.165) is 25.2 Å². The zero-order chi connectivity index (χ0) is 15.8. The molecule has 0 spiro atoms. The summed E-state index contributed by atoms with van der Waals surface area (Å²) in [7, 11) is 0. The highest BCUT2D eigenvalue weighted by atomic mass is 35.5. The number of hydrogen-bond donors (Lipinski definition) is 2. The van der Waals surface area contributed by atoms with Gasteiger partial charge >= 0.3 is 0 Å². The number of aromatic nitrogens is 2. The lowest BCUT2D eigenvalue weighted by Crippen LogP contribution is -2.34. The Morgan fingerprint density at radius 3 is 2.61 bits per heavy atom. The number of benzene rings is 1. The molecule has 126 valence electrons. The first-order chi connectivity index (χ1) is 10.6. The lowest BCUT2D eigenvalue weighted by molar-refractivity contribution is -0.123. The van der Waals surface area contributed by atoms with E-state index in [9.17, 15) is 4.79 Å². The monoisotopic (exact) mass is 336 g/mol. The van der Waals surface area contributed by atoms with Gasteiger partial charge in [0.1, 0.15) is 0 Å². The van der Waals surface area contributed by atoms with Gasteiger partial charge in [0.15, 0.2) is 0 Å². The second kappa shape index (κ2) is 10.0. The number of nitrogens with zero attached hydrogens (tertiary/aromatic N) is 2. The number of carbonyl (C=O) groups excluding carboxylic acids is 1. The van der Waals surface area contributed by atoms with Gasteiger partial charge in [0, 0.05) is 37.3 Å². The van der Waals surface area contributed by atoms with Gasteiger partial charge in [0.25, 0.3) is 0 Å². The van der Waals surface area contributed by atoms with E-state index in [2.05, 4.69) is 27.9 Å². The molecule has 0 aliphatic heterocycles. The Labute approximate surface area is 143 Å². The number of carbonyl (C=O) groups is 1. The molecule has 0 saturated heterocycles. The fourth-order valence-corrected chi connectivity index (χ4v) is 2.07. The number of nitrogens with one attached hydrogen (secondary N) is 2. The van der Waals surface area contributed by atoms with Crippen LogP contribution < -0.4 is 10.6 Å². The molecular formula is C17H25ClN4O. The smallest absolute Gasteiger partial charge is 0.222 e. The summed E-state index contributed by atoms with van der Waals surface area (Å²) >= 11 is 0. The lowest BCUT2D eigenvalue weighted by Gasteiger charge is -2.07. The molecule has 0 fully saturated rings. The molecular weight excluding hydrogens is 312 g/mol. The van der Waals surface area contributed by atoms with Crippen molar-refractivity contribution in [1.29, 1.82) is 0 Å². The van der Waals surface area contributed by atoms with Gasteiger partial charge in [0.05, 0.1) is 12.7 Å². The van der Waals surface area contributed by atoms with E-state index in [-0.39, 0.29) is 24.2 Å². The van der Waals surface area contributed by atoms with E-state index < -0.39 is 0 Å². The minimum Gasteiger partial charge on any atom is -0.355 e. The molecule has 6 heteroatoms. The van der Waals surface area contributed by atoms with Crippen molar-refractivity contribution in [1.82, 2.24) is 20.4 Å². The van der Waals surface area contributed by atoms with Gasteiger partial charge in [-0.05, 0) is 5.56 Å². The predicted octanol–water partition coefficient (Wildman–Crippen LogP) is 2.22. The minimum absolute atomic E-state index is 0. The highest BCUT2D eigenvalue weighted by molar-refractivity contribution is 5.85. The summed E-state index contributed by atoms with van der Waals surface area (Å²) in [5.74, 6) is 0.133. The third-order valence-corrected chi connectivity index (χ3v) is 3.33. The molecule has 0 aliphatic carbocycles. The Morgan fingerprint density at radius 2 is 1.91 bits per heavy atom. The average molecular weight is 337 g/mol. The Morgan fingerprint density at radius 1 is 1.17 bits per heavy atom. The molecule has 23 heavy (non-hydrogen) atoms. The predicted molar refractivity (Wildman–Crippen MR) is 94.6 cm³/mol. The van der Waals surface area contributed by atoms with E-state index in [0.29, 0.717) is 6.54 Å². The molecule has 2 N–H and O–H groups in total. The van der Waals surface area contributed by atoms with Gasteiger partial charge in [0.2, 0.25) is 5.91 Å². The second-order valence-electron chi connectivity index (χ2n) is 5.65. The number of rotatable bonds is 8. The summed E-state index contributed by atoms with van der Waals surface area (Å²) < 4.78 is 1.94. The summed E-state index contributed by atoms with van der Waals surface area (Å²) in [5.41, 5.74) is 2.38. The zero-order valence-electron chi connectivity index (χ0n) is 13.7. The quantitative estimate of drug-likeness (QED) is 0.727. The SMILES string of the molecule is CC(C)C(=O)NCCNCc1cnn(Cc2ccccc2)c1.Cl. The van der Waals surface area contributed by atoms with E-state index >= 15 is 0 Å². The molecule has 1 aromatic carbocycles. The molecule has 1 heterocycles. The van der Waals surface area contributed by atoms with Crippen molar-refractivity contribution in [2.75, 3.05) is 13.1 Å². The van der Waals surface area contributed by atoms with Gasteiger partial charge in [-0.15, -0.1) is 12.4 Å². The van der Waals surface area contributed by atoms with Crippen LogP contribution in [0, 0.1) is 5.92 Å². The van der Waals surface area contributed by atoms with Gasteiger partial charge in [-0.25, -0.2) is 0 Å². The first-order valence-corrected chi connectivity index (χ1v) is 7.69. The van der Waals surface area contributed by atoms with Gasteiger partial charge in [-0.1, -0.05) is 44.2 Å². The van der Waals surface area contributed by atoms with Crippen LogP contribution in [0.15, 0.2) is 42.7 Å². The summed E-state index contributed by atoms with van der Waals surface area (Å²) in [4.78, 5) is 11.4. The average Bonchev–Trinajstić information content (AvgIpc) is 2.95. The molecule has 0 atom stereocenters. The minimum atomic E-state index is 0. The lowest BCUT2D eigenvalue weighted by atomic mass is 10.2. The van der Waals surface area contributed by atoms with Crippen LogP contribution in [-0.4, -0.2) is 28.8 Å². The van der Waals surface area contributed by atoms with E-state index in [1.165, 1.54) is 5.56 Å². The molecule has 0 radical (unpaired) electrons. The molecule has 5 nitrogen and oxygen atoms in total. The van der Waals surface area contributed by atoms with E-state index in [1.807, 2.05) is 49.1 Å². The maximum Gasteiger partial charge on any atom is 0.222 e. The van der Waals surface area contributed by atoms with E-state index in [4.69, 9.17) is 0 Å². The van der Waals surface area contributed by atoms with Crippen LogP contribution in [0.4, 0.5) is 0 Å². The van der Waals surface area contributed by atoms with Crippen molar-refractivity contribution in [3.63, 3.8) is 0 Å². The molecule has 2 aromatic rings. The Kier molecular flexibility index (Phi) is 8.37. The number of amides is 1. The third kappa shape index (κ3) is 6.84. The maximum absolute atomic E-state index is 11.4. The molecule has 0 saturated carbocycles. The van der Waals surface area contributed by atoms with Crippen LogP contribution in [0.25, 0.3) is 0 Å². The topological polar surface area (TPSA) is 59.0 Å². The third-order valence-electron chi connectivity index (χ3n) is 3.33. The van der Waals surface area contributed by atoms with Crippen LogP contribution in [0.5, 0.6) is 0 Å². The van der Waals surface area contributed by atoms with Crippen molar-refractivity contribution in [3.05, 3.63) is 53.9 Å². The first-order valence-electron chi connectivity index (χ1n) is 7.69. The fraction of sp³-hybridized carbons (Fsp3) is 0.412. The number of halogens is 1. The largest absolute Gasteiger partial charge is 0.355 e. The standard InChI is InChI=1S/C17H24N4O.ClH/c1-14(2)17(22)19-9-8-18-10-16-11-20-21(13-16)12-15-6-4-3-5-7-15;/h3-7,11,13-14,18H,8-10,12H2,1-2H3,(H,19,22);1H. The van der Waals surface area contributed by atoms with E-state index in [1.54, 1.807) is 0 Å². The van der Waals surface area contributed by atoms with Crippen LogP contribution in [0.3, 0.4) is 0 Å². The first kappa shape index (κ1) is 19.2. The molecule has 1 amide bonds. The Balaban J connectivity index is 0.00000264. The van der Waals surface area contributed by atoms with Gasteiger partial charge in [-0.2, -0.15) is 5.10 Å². The Hall–Kier alpha value is -1.85. The summed E-state index contributed by atoms with van der Waals surface area (Å²) in [5, 5.41) is 10.6. The number of hydrogen-bond acceptors (Lipinski definition) is 3. The maximum atomic E-state index is 11.4. The van der Waals surface area contributed by atoms with Crippen LogP contribution in [0.2, 0.25) is 0 Å². The summed E-state index contributed by atoms with van der Waals surface area (Å²) in [6.45, 7) is 6.73. The normalized spacial score (nSPS) is 10.4. The zero-order valence-corrected chi connectivity index (χ0v) is 14.5. The summed E-state index contributed by atoms with van der Waals surface area (Å²) in [6, 6.07) is 10.3. The van der Waals surface area contributed by atoms with Crippen molar-refractivity contribution < 1.29 is 4.79 Å². The molecule has 0 bridgehead atoms. The van der Waals surface area contributed by atoms with Crippen LogP contribution >= 0.6 is 12.4 Å². The van der Waals surface area contributed by atoms with Gasteiger partial charge in [-0.3, -0.25) is 9.48 Å². The molecule has 2 rings (SSSR count). The van der Waals surface area contributed by atoms with Gasteiger partial charge < -0.3 is 10.6 Å². The van der Waals surface area contributed by atoms with Crippen LogP contribution in [0.1, 0.15) is 25.0 Å².